The summed E-state index contributed by atoms with van der Waals surface area (Å²) in [5.74, 6) is 1.66. The van der Waals surface area contributed by atoms with Crippen molar-refractivity contribution in [3.8, 4) is 0 Å². The summed E-state index contributed by atoms with van der Waals surface area (Å²) in [5.41, 5.74) is 1.95. The molecule has 6 fully saturated rings. The monoisotopic (exact) mass is 460 g/mol. The number of allylic oxidation sites excluding steroid dienone is 1. The van der Waals surface area contributed by atoms with Crippen molar-refractivity contribution in [1.82, 2.24) is 0 Å². The molecule has 5 aliphatic carbocycles. The first-order valence-corrected chi connectivity index (χ1v) is 13.1. The molecule has 0 aromatic rings. The van der Waals surface area contributed by atoms with Gasteiger partial charge in [0, 0.05) is 23.3 Å². The van der Waals surface area contributed by atoms with Crippen LogP contribution in [-0.4, -0.2) is 44.7 Å². The molecule has 186 valence electrons. The summed E-state index contributed by atoms with van der Waals surface area (Å²) in [5, 5.41) is 33.3. The molecule has 33 heavy (non-hydrogen) atoms. The van der Waals surface area contributed by atoms with Gasteiger partial charge in [0.2, 0.25) is 0 Å². The molecule has 0 radical (unpaired) electrons. The molecule has 0 bridgehead atoms. The number of hydrogen-bond acceptors (Lipinski definition) is 4. The highest BCUT2D eigenvalue weighted by Gasteiger charge is 2.82. The second-order valence-electron chi connectivity index (χ2n) is 13.4. The van der Waals surface area contributed by atoms with Gasteiger partial charge in [-0.05, 0) is 93.8 Å². The summed E-state index contributed by atoms with van der Waals surface area (Å²) in [6.45, 7) is 12.8. The molecule has 2 unspecified atom stereocenters. The Morgan fingerprint density at radius 3 is 2.45 bits per heavy atom. The molecule has 5 N–H and O–H groups in total. The van der Waals surface area contributed by atoms with Crippen LogP contribution in [0.1, 0.15) is 91.9 Å². The standard InChI is InChI=1S/C28H42O4.H2O/c1-16-7-6-10-28-15-27(28)12-11-25(4)23(19-8-9-21(32-19)24(2,3)31)18(30)14-26(25,5)20(27)13-17(29)22(16)28;/h17-18,20-22,29-31H,1,6-15H2,2-5H3;1H2/b23-19+;/t17-,18-,20?,21-,22+,25+,26-,27?,28+;/m0./s1. The van der Waals surface area contributed by atoms with Crippen LogP contribution in [0.2, 0.25) is 0 Å². The van der Waals surface area contributed by atoms with Crippen LogP contribution in [0, 0.1) is 33.5 Å². The highest BCUT2D eigenvalue weighted by Crippen LogP contribution is 2.88. The molecular weight excluding hydrogens is 416 g/mol. The predicted molar refractivity (Wildman–Crippen MR) is 127 cm³/mol. The van der Waals surface area contributed by atoms with Gasteiger partial charge >= 0.3 is 0 Å². The van der Waals surface area contributed by atoms with Crippen LogP contribution < -0.4 is 0 Å². The van der Waals surface area contributed by atoms with E-state index in [4.69, 9.17) is 4.74 Å². The minimum absolute atomic E-state index is 0. The maximum Gasteiger partial charge on any atom is 0.127 e. The molecule has 5 heteroatoms. The van der Waals surface area contributed by atoms with E-state index in [-0.39, 0.29) is 39.8 Å². The van der Waals surface area contributed by atoms with E-state index in [0.29, 0.717) is 11.3 Å². The fourth-order valence-corrected chi connectivity index (χ4v) is 10.3. The quantitative estimate of drug-likeness (QED) is 0.514. The lowest BCUT2D eigenvalue weighted by molar-refractivity contribution is -0.130. The number of hydrogen-bond donors (Lipinski definition) is 3. The summed E-state index contributed by atoms with van der Waals surface area (Å²) in [6.07, 6.45) is 9.29. The maximum atomic E-state index is 11.4. The molecule has 0 amide bonds. The molecule has 9 atom stereocenters. The smallest absolute Gasteiger partial charge is 0.127 e. The fraction of sp³-hybridized carbons (Fsp3) is 0.857. The van der Waals surface area contributed by atoms with Crippen molar-refractivity contribution in [2.24, 2.45) is 33.5 Å². The third-order valence-electron chi connectivity index (χ3n) is 11.8. The SMILES string of the molecule is C=C1CCC[C@]23CC24CC[C@]2(C)/C(=C5\CC[C@@H](C(C)(C)O)O5)[C@@H](O)C[C@@]2(C)C4C[C@H](O)[C@@H]13.O. The molecule has 1 saturated heterocycles. The van der Waals surface area contributed by atoms with Gasteiger partial charge < -0.3 is 25.5 Å². The second-order valence-corrected chi connectivity index (χ2v) is 13.4. The largest absolute Gasteiger partial charge is 0.492 e. The van der Waals surface area contributed by atoms with Gasteiger partial charge in [-0.15, -0.1) is 0 Å². The van der Waals surface area contributed by atoms with E-state index in [1.165, 1.54) is 31.3 Å². The minimum atomic E-state index is -0.876. The number of ether oxygens (including phenoxy) is 1. The third-order valence-corrected chi connectivity index (χ3v) is 11.8. The van der Waals surface area contributed by atoms with Crippen molar-refractivity contribution in [1.29, 1.82) is 0 Å². The van der Waals surface area contributed by atoms with Gasteiger partial charge in [0.1, 0.15) is 6.10 Å². The molecule has 5 saturated carbocycles. The van der Waals surface area contributed by atoms with E-state index in [2.05, 4.69) is 20.4 Å². The highest BCUT2D eigenvalue weighted by atomic mass is 16.5. The topological polar surface area (TPSA) is 101 Å². The molecule has 1 heterocycles. The summed E-state index contributed by atoms with van der Waals surface area (Å²) in [6, 6.07) is 0. The van der Waals surface area contributed by atoms with E-state index >= 15 is 0 Å². The second kappa shape index (κ2) is 6.87. The maximum absolute atomic E-state index is 11.4. The third kappa shape index (κ3) is 2.69. The van der Waals surface area contributed by atoms with Crippen molar-refractivity contribution >= 4 is 0 Å². The van der Waals surface area contributed by atoms with Crippen LogP contribution in [0.4, 0.5) is 0 Å². The highest BCUT2D eigenvalue weighted by molar-refractivity contribution is 5.40. The van der Waals surface area contributed by atoms with Crippen LogP contribution in [0.5, 0.6) is 0 Å². The Hall–Kier alpha value is -0.880. The van der Waals surface area contributed by atoms with Crippen molar-refractivity contribution in [3.63, 3.8) is 0 Å². The van der Waals surface area contributed by atoms with Crippen molar-refractivity contribution in [3.05, 3.63) is 23.5 Å². The zero-order valence-corrected chi connectivity index (χ0v) is 20.9. The lowest BCUT2D eigenvalue weighted by Crippen LogP contribution is -2.56. The van der Waals surface area contributed by atoms with Gasteiger partial charge in [-0.2, -0.15) is 0 Å². The average Bonchev–Trinajstić information content (AvgIpc) is 2.98. The first-order chi connectivity index (χ1) is 14.9. The van der Waals surface area contributed by atoms with Crippen LogP contribution in [0.3, 0.4) is 0 Å². The molecule has 2 spiro atoms. The molecule has 6 aliphatic rings. The van der Waals surface area contributed by atoms with Crippen molar-refractivity contribution < 1.29 is 25.5 Å². The Bertz CT molecular complexity index is 902. The zero-order valence-electron chi connectivity index (χ0n) is 20.9. The van der Waals surface area contributed by atoms with Gasteiger partial charge in [0.05, 0.1) is 23.6 Å². The number of rotatable bonds is 1. The van der Waals surface area contributed by atoms with E-state index in [1.54, 1.807) is 0 Å². The van der Waals surface area contributed by atoms with Crippen LogP contribution in [-0.2, 0) is 4.74 Å². The lowest BCUT2D eigenvalue weighted by Gasteiger charge is -2.61. The molecule has 5 nitrogen and oxygen atoms in total. The average molecular weight is 461 g/mol. The Balaban J connectivity index is 0.00000228. The summed E-state index contributed by atoms with van der Waals surface area (Å²) in [4.78, 5) is 0. The van der Waals surface area contributed by atoms with Crippen molar-refractivity contribution in [2.75, 3.05) is 0 Å². The van der Waals surface area contributed by atoms with E-state index < -0.39 is 11.7 Å². The van der Waals surface area contributed by atoms with Gasteiger partial charge in [0.25, 0.3) is 0 Å². The fourth-order valence-electron chi connectivity index (χ4n) is 10.3. The summed E-state index contributed by atoms with van der Waals surface area (Å²) in [7, 11) is 0. The van der Waals surface area contributed by atoms with Crippen LogP contribution >= 0.6 is 0 Å². The van der Waals surface area contributed by atoms with Crippen LogP contribution in [0.25, 0.3) is 0 Å². The summed E-state index contributed by atoms with van der Waals surface area (Å²) >= 11 is 0. The summed E-state index contributed by atoms with van der Waals surface area (Å²) < 4.78 is 6.34. The molecule has 0 aromatic heterocycles. The normalized spacial score (nSPS) is 55.0. The Labute approximate surface area is 198 Å². The van der Waals surface area contributed by atoms with E-state index in [1.807, 2.05) is 13.8 Å². The Morgan fingerprint density at radius 2 is 1.79 bits per heavy atom. The molecular formula is C28H44O5. The van der Waals surface area contributed by atoms with Crippen LogP contribution in [0.15, 0.2) is 23.5 Å². The van der Waals surface area contributed by atoms with Crippen molar-refractivity contribution in [2.45, 2.75) is 116 Å². The van der Waals surface area contributed by atoms with Gasteiger partial charge in [0.15, 0.2) is 0 Å². The van der Waals surface area contributed by atoms with Gasteiger partial charge in [-0.1, -0.05) is 26.0 Å². The lowest BCUT2D eigenvalue weighted by atomic mass is 9.44. The van der Waals surface area contributed by atoms with Gasteiger partial charge in [-0.25, -0.2) is 0 Å². The minimum Gasteiger partial charge on any atom is -0.492 e. The molecule has 0 aromatic carbocycles. The van der Waals surface area contributed by atoms with E-state index in [9.17, 15) is 15.3 Å². The van der Waals surface area contributed by atoms with Gasteiger partial charge in [-0.3, -0.25) is 0 Å². The van der Waals surface area contributed by atoms with E-state index in [0.717, 1.165) is 49.9 Å². The Morgan fingerprint density at radius 1 is 1.06 bits per heavy atom. The zero-order chi connectivity index (χ0) is 22.9. The first kappa shape index (κ1) is 23.8. The number of aliphatic hydroxyl groups excluding tert-OH is 2. The number of aliphatic hydroxyl groups is 3. The Kier molecular flexibility index (Phi) is 4.96. The predicted octanol–water partition coefficient (Wildman–Crippen LogP) is 4.05. The number of fused-ring (bicyclic) bond motifs is 2. The molecule has 6 rings (SSSR count). The molecule has 1 aliphatic heterocycles. The first-order valence-electron chi connectivity index (χ1n) is 13.1.